The van der Waals surface area contributed by atoms with E-state index in [2.05, 4.69) is 6.92 Å². The molecule has 5 heteroatoms. The van der Waals surface area contributed by atoms with Crippen LogP contribution in [0.3, 0.4) is 0 Å². The summed E-state index contributed by atoms with van der Waals surface area (Å²) in [5, 5.41) is 0. The smallest absolute Gasteiger partial charge is 0.414 e. The van der Waals surface area contributed by atoms with Gasteiger partial charge in [-0.3, -0.25) is 9.69 Å². The van der Waals surface area contributed by atoms with Crippen LogP contribution >= 0.6 is 0 Å². The number of rotatable bonds is 19. The van der Waals surface area contributed by atoms with Crippen LogP contribution in [0.15, 0.2) is 48.5 Å². The molecular weight excluding hydrogens is 453 g/mol. The maximum absolute atomic E-state index is 14.2. The van der Waals surface area contributed by atoms with Crippen molar-refractivity contribution in [3.05, 3.63) is 65.5 Å². The van der Waals surface area contributed by atoms with Crippen molar-refractivity contribution < 1.29 is 18.7 Å². The van der Waals surface area contributed by atoms with Crippen LogP contribution in [-0.2, 0) is 16.1 Å². The average molecular weight is 497 g/mol. The molecule has 2 rings (SSSR count). The second-order valence-corrected chi connectivity index (χ2v) is 9.55. The van der Waals surface area contributed by atoms with Crippen LogP contribution in [-0.4, -0.2) is 18.9 Å². The number of ether oxygens (including phenoxy) is 1. The van der Waals surface area contributed by atoms with E-state index in [-0.39, 0.29) is 12.2 Å². The van der Waals surface area contributed by atoms with Crippen LogP contribution in [0.2, 0.25) is 0 Å². The summed E-state index contributed by atoms with van der Waals surface area (Å²) in [7, 11) is 0. The van der Waals surface area contributed by atoms with Crippen LogP contribution in [0.4, 0.5) is 14.9 Å². The quantitative estimate of drug-likeness (QED) is 0.182. The second kappa shape index (κ2) is 18.6. The van der Waals surface area contributed by atoms with E-state index in [1.165, 1.54) is 87.7 Å². The Morgan fingerprint density at radius 2 is 1.36 bits per heavy atom. The zero-order valence-corrected chi connectivity index (χ0v) is 22.0. The van der Waals surface area contributed by atoms with Crippen LogP contribution in [0.5, 0.6) is 0 Å². The molecule has 1 radical (unpaired) electrons. The molecule has 0 aliphatic rings. The van der Waals surface area contributed by atoms with Crippen LogP contribution < -0.4 is 4.90 Å². The summed E-state index contributed by atoms with van der Waals surface area (Å²) in [6.07, 6.45) is 18.6. The third kappa shape index (κ3) is 11.8. The number of carbonyl (C=O) groups is 1. The van der Waals surface area contributed by atoms with E-state index in [1.54, 1.807) is 12.4 Å². The van der Waals surface area contributed by atoms with Crippen molar-refractivity contribution in [3.63, 3.8) is 0 Å². The number of nitrogens with zero attached hydrogens (tertiary/aromatic N) is 1. The van der Waals surface area contributed by atoms with Gasteiger partial charge >= 0.3 is 6.09 Å². The predicted molar refractivity (Wildman–Crippen MR) is 145 cm³/mol. The summed E-state index contributed by atoms with van der Waals surface area (Å²) in [6, 6.07) is 13.6. The largest absolute Gasteiger partial charge is 0.444 e. The van der Waals surface area contributed by atoms with E-state index in [1.807, 2.05) is 30.3 Å². The number of hydrogen-bond donors (Lipinski definition) is 0. The van der Waals surface area contributed by atoms with Crippen LogP contribution in [0.1, 0.15) is 108 Å². The van der Waals surface area contributed by atoms with Crippen molar-refractivity contribution in [2.24, 2.45) is 0 Å². The highest BCUT2D eigenvalue weighted by molar-refractivity contribution is 5.88. The molecule has 0 aliphatic heterocycles. The van der Waals surface area contributed by atoms with Gasteiger partial charge in [-0.1, -0.05) is 121 Å². The van der Waals surface area contributed by atoms with Crippen LogP contribution in [0, 0.1) is 5.82 Å². The Hall–Kier alpha value is -2.69. The lowest BCUT2D eigenvalue weighted by Crippen LogP contribution is -2.32. The highest BCUT2D eigenvalue weighted by Gasteiger charge is 2.19. The van der Waals surface area contributed by atoms with Gasteiger partial charge in [0.25, 0.3) is 0 Å². The molecular formula is C31H43FNO3. The molecule has 0 spiro atoms. The monoisotopic (exact) mass is 496 g/mol. The van der Waals surface area contributed by atoms with Crippen molar-refractivity contribution in [1.29, 1.82) is 0 Å². The molecule has 0 aromatic heterocycles. The van der Waals surface area contributed by atoms with Gasteiger partial charge in [0.15, 0.2) is 0 Å². The topological polar surface area (TPSA) is 46.6 Å². The number of hydrogen-bond acceptors (Lipinski definition) is 3. The average Bonchev–Trinajstić information content (AvgIpc) is 2.90. The van der Waals surface area contributed by atoms with E-state index in [0.29, 0.717) is 12.2 Å². The zero-order valence-electron chi connectivity index (χ0n) is 22.0. The molecule has 0 heterocycles. The molecule has 0 aliphatic carbocycles. The number of amides is 1. The van der Waals surface area contributed by atoms with Gasteiger partial charge < -0.3 is 4.74 Å². The van der Waals surface area contributed by atoms with Gasteiger partial charge in [-0.25, -0.2) is 9.18 Å². The predicted octanol–water partition coefficient (Wildman–Crippen LogP) is 8.91. The Balaban J connectivity index is 1.71. The van der Waals surface area contributed by atoms with Gasteiger partial charge in [0.2, 0.25) is 6.29 Å². The van der Waals surface area contributed by atoms with Gasteiger partial charge in [-0.15, -0.1) is 0 Å². The summed E-state index contributed by atoms with van der Waals surface area (Å²) >= 11 is 0. The van der Waals surface area contributed by atoms with Crippen molar-refractivity contribution in [2.45, 2.75) is 103 Å². The van der Waals surface area contributed by atoms with Gasteiger partial charge in [0.1, 0.15) is 12.4 Å². The third-order valence-electron chi connectivity index (χ3n) is 6.54. The van der Waals surface area contributed by atoms with Crippen molar-refractivity contribution >= 4 is 18.1 Å². The molecule has 197 valence electrons. The minimum atomic E-state index is -0.690. The van der Waals surface area contributed by atoms with E-state index in [0.717, 1.165) is 24.8 Å². The van der Waals surface area contributed by atoms with Crippen molar-refractivity contribution in [3.8, 4) is 0 Å². The lowest BCUT2D eigenvalue weighted by atomic mass is 10.0. The van der Waals surface area contributed by atoms with E-state index in [4.69, 9.17) is 4.74 Å². The lowest BCUT2D eigenvalue weighted by molar-refractivity contribution is 0.147. The van der Waals surface area contributed by atoms with Gasteiger partial charge in [-0.2, -0.15) is 0 Å². The number of benzene rings is 2. The van der Waals surface area contributed by atoms with E-state index in [9.17, 15) is 14.0 Å². The highest BCUT2D eigenvalue weighted by Crippen LogP contribution is 2.21. The lowest BCUT2D eigenvalue weighted by Gasteiger charge is -2.22. The molecule has 4 nitrogen and oxygen atoms in total. The number of unbranched alkanes of at least 4 members (excludes halogenated alkanes) is 13. The Morgan fingerprint density at radius 1 is 0.806 bits per heavy atom. The fourth-order valence-corrected chi connectivity index (χ4v) is 4.34. The summed E-state index contributed by atoms with van der Waals surface area (Å²) in [5.74, 6) is -0.690. The first-order valence-electron chi connectivity index (χ1n) is 13.8. The zero-order chi connectivity index (χ0) is 25.8. The molecule has 0 bridgehead atoms. The summed E-state index contributed by atoms with van der Waals surface area (Å²) < 4.78 is 19.7. The summed E-state index contributed by atoms with van der Waals surface area (Å²) in [6.45, 7) is 2.85. The number of carbonyl (C=O) groups excluding carboxylic acids is 2. The first-order valence-corrected chi connectivity index (χ1v) is 13.8. The number of anilines is 1. The van der Waals surface area contributed by atoms with Gasteiger partial charge in [0.05, 0.1) is 5.56 Å². The molecule has 36 heavy (non-hydrogen) atoms. The second-order valence-electron chi connectivity index (χ2n) is 9.55. The molecule has 0 saturated carbocycles. The Labute approximate surface area is 217 Å². The molecule has 0 fully saturated rings. The Kier molecular flexibility index (Phi) is 15.2. The van der Waals surface area contributed by atoms with Crippen LogP contribution in [0.25, 0.3) is 0 Å². The van der Waals surface area contributed by atoms with Gasteiger partial charge in [0, 0.05) is 12.2 Å². The van der Waals surface area contributed by atoms with Gasteiger partial charge in [-0.05, 0) is 30.2 Å². The first kappa shape index (κ1) is 29.5. The standard InChI is InChI=1S/C31H43FNO3/c1-2-3-4-5-6-7-8-9-10-11-12-13-14-18-23-33(29-22-21-28(25-34)30(32)24-29)31(35)36-26-27-19-16-15-17-20-27/h15-17,19-22,24H,2-14,18,23,26H2,1H3. The fourth-order valence-electron chi connectivity index (χ4n) is 4.34. The molecule has 0 atom stereocenters. The highest BCUT2D eigenvalue weighted by atomic mass is 19.1. The molecule has 0 saturated heterocycles. The summed E-state index contributed by atoms with van der Waals surface area (Å²) in [5.41, 5.74) is 1.13. The first-order chi connectivity index (χ1) is 17.7. The molecule has 0 N–H and O–H groups in total. The van der Waals surface area contributed by atoms with E-state index < -0.39 is 11.9 Å². The third-order valence-corrected chi connectivity index (χ3v) is 6.54. The van der Waals surface area contributed by atoms with Crippen molar-refractivity contribution in [2.75, 3.05) is 11.4 Å². The fraction of sp³-hybridized carbons (Fsp3) is 0.548. The minimum Gasteiger partial charge on any atom is -0.444 e. The maximum Gasteiger partial charge on any atom is 0.414 e. The van der Waals surface area contributed by atoms with E-state index >= 15 is 0 Å². The Bertz CT molecular complexity index is 871. The molecule has 1 amide bonds. The SMILES string of the molecule is CCCCCCCCCCCCCCCCN(C(=O)OCc1ccccc1)c1ccc([C]=O)c(F)c1. The normalized spacial score (nSPS) is 10.8. The molecule has 2 aromatic rings. The molecule has 0 unspecified atom stereocenters. The maximum atomic E-state index is 14.2. The van der Waals surface area contributed by atoms with Crippen molar-refractivity contribution in [1.82, 2.24) is 0 Å². The minimum absolute atomic E-state index is 0.146. The Morgan fingerprint density at radius 3 is 1.89 bits per heavy atom. The number of halogens is 1. The summed E-state index contributed by atoms with van der Waals surface area (Å²) in [4.78, 5) is 25.2. The molecule has 2 aromatic carbocycles.